The maximum Gasteiger partial charge on any atom is 0.339 e. The monoisotopic (exact) mass is 345 g/mol. The van der Waals surface area contributed by atoms with Crippen LogP contribution in [0.25, 0.3) is 0 Å². The van der Waals surface area contributed by atoms with Gasteiger partial charge in [-0.25, -0.2) is 9.52 Å². The number of hydrogen-bond donors (Lipinski definition) is 1. The molecule has 0 amide bonds. The Hall–Kier alpha value is -2.31. The van der Waals surface area contributed by atoms with Crippen LogP contribution in [0.15, 0.2) is 59.5 Å². The van der Waals surface area contributed by atoms with E-state index < -0.39 is 12.0 Å². The highest BCUT2D eigenvalue weighted by atomic mass is 32.2. The molecule has 0 aliphatic rings. The number of carbonyl (C=O) groups is 2. The SMILES string of the molecule is COC(=O)[C@H](C)NSc1ccccc1C(=O)OCc1ccccc1. The first kappa shape index (κ1) is 18.0. The van der Waals surface area contributed by atoms with Crippen LogP contribution in [0, 0.1) is 0 Å². The maximum atomic E-state index is 12.3. The van der Waals surface area contributed by atoms with E-state index in [4.69, 9.17) is 4.74 Å². The summed E-state index contributed by atoms with van der Waals surface area (Å²) in [6.45, 7) is 1.90. The van der Waals surface area contributed by atoms with Crippen LogP contribution in [-0.4, -0.2) is 25.1 Å². The number of esters is 2. The molecule has 1 atom stereocenters. The van der Waals surface area contributed by atoms with Gasteiger partial charge in [0.05, 0.1) is 12.7 Å². The summed E-state index contributed by atoms with van der Waals surface area (Å²) in [6.07, 6.45) is 0. The first-order valence-corrected chi connectivity index (χ1v) is 8.23. The van der Waals surface area contributed by atoms with Crippen molar-refractivity contribution in [1.82, 2.24) is 4.72 Å². The Kier molecular flexibility index (Phi) is 6.84. The van der Waals surface area contributed by atoms with Gasteiger partial charge in [-0.05, 0) is 36.6 Å². The van der Waals surface area contributed by atoms with Gasteiger partial charge < -0.3 is 9.47 Å². The zero-order chi connectivity index (χ0) is 17.4. The Morgan fingerprint density at radius 1 is 1.08 bits per heavy atom. The van der Waals surface area contributed by atoms with Crippen molar-refractivity contribution in [2.24, 2.45) is 0 Å². The first-order chi connectivity index (χ1) is 11.6. The molecule has 0 bridgehead atoms. The van der Waals surface area contributed by atoms with E-state index in [-0.39, 0.29) is 12.6 Å². The molecule has 0 heterocycles. The van der Waals surface area contributed by atoms with Gasteiger partial charge in [0.2, 0.25) is 0 Å². The van der Waals surface area contributed by atoms with Crippen molar-refractivity contribution in [2.75, 3.05) is 7.11 Å². The normalized spacial score (nSPS) is 11.6. The predicted molar refractivity (Wildman–Crippen MR) is 92.5 cm³/mol. The highest BCUT2D eigenvalue weighted by molar-refractivity contribution is 7.97. The summed E-state index contributed by atoms with van der Waals surface area (Å²) in [5, 5.41) is 0. The molecule has 2 rings (SSSR count). The molecule has 0 radical (unpaired) electrons. The van der Waals surface area contributed by atoms with Gasteiger partial charge in [0, 0.05) is 4.90 Å². The molecule has 0 aromatic heterocycles. The molecule has 0 saturated heterocycles. The van der Waals surface area contributed by atoms with Gasteiger partial charge >= 0.3 is 11.9 Å². The lowest BCUT2D eigenvalue weighted by Gasteiger charge is -2.13. The second-order valence-corrected chi connectivity index (χ2v) is 5.90. The third kappa shape index (κ3) is 5.11. The molecule has 1 N–H and O–H groups in total. The van der Waals surface area contributed by atoms with Gasteiger partial charge in [-0.15, -0.1) is 0 Å². The standard InChI is InChI=1S/C18H19NO4S/c1-13(17(20)22-2)19-24-16-11-7-6-10-15(16)18(21)23-12-14-8-4-3-5-9-14/h3-11,13,19H,12H2,1-2H3/t13-/m0/s1. The predicted octanol–water partition coefficient (Wildman–Crippen LogP) is 3.20. The molecule has 6 heteroatoms. The van der Waals surface area contributed by atoms with Gasteiger partial charge in [-0.2, -0.15) is 0 Å². The Labute approximate surface area is 145 Å². The summed E-state index contributed by atoms with van der Waals surface area (Å²) in [5.74, 6) is -0.777. The number of methoxy groups -OCH3 is 1. The minimum atomic E-state index is -0.492. The van der Waals surface area contributed by atoms with Crippen LogP contribution in [0.4, 0.5) is 0 Å². The van der Waals surface area contributed by atoms with Crippen molar-refractivity contribution in [2.45, 2.75) is 24.5 Å². The van der Waals surface area contributed by atoms with Crippen molar-refractivity contribution in [3.63, 3.8) is 0 Å². The summed E-state index contributed by atoms with van der Waals surface area (Å²) in [4.78, 5) is 24.4. The summed E-state index contributed by atoms with van der Waals surface area (Å²) >= 11 is 1.20. The highest BCUT2D eigenvalue weighted by Crippen LogP contribution is 2.22. The molecule has 0 fully saturated rings. The zero-order valence-corrected chi connectivity index (χ0v) is 14.3. The van der Waals surface area contributed by atoms with Crippen LogP contribution in [0.1, 0.15) is 22.8 Å². The van der Waals surface area contributed by atoms with Crippen LogP contribution < -0.4 is 4.72 Å². The Bertz CT molecular complexity index is 690. The molecule has 0 aliphatic carbocycles. The van der Waals surface area contributed by atoms with Crippen LogP contribution >= 0.6 is 11.9 Å². The van der Waals surface area contributed by atoms with Crippen molar-refractivity contribution >= 4 is 23.9 Å². The summed E-state index contributed by atoms with van der Waals surface area (Å²) in [6, 6.07) is 16.1. The van der Waals surface area contributed by atoms with Crippen molar-refractivity contribution in [1.29, 1.82) is 0 Å². The molecular formula is C18H19NO4S. The van der Waals surface area contributed by atoms with E-state index in [1.807, 2.05) is 36.4 Å². The largest absolute Gasteiger partial charge is 0.468 e. The van der Waals surface area contributed by atoms with Gasteiger partial charge in [-0.1, -0.05) is 42.5 Å². The van der Waals surface area contributed by atoms with E-state index in [0.717, 1.165) is 5.56 Å². The highest BCUT2D eigenvalue weighted by Gasteiger charge is 2.16. The fourth-order valence-electron chi connectivity index (χ4n) is 1.90. The maximum absolute atomic E-state index is 12.3. The smallest absolute Gasteiger partial charge is 0.339 e. The average Bonchev–Trinajstić information content (AvgIpc) is 2.64. The van der Waals surface area contributed by atoms with Crippen molar-refractivity contribution < 1.29 is 19.1 Å². The molecule has 126 valence electrons. The number of nitrogens with one attached hydrogen (secondary N) is 1. The van der Waals surface area contributed by atoms with Crippen LogP contribution in [0.2, 0.25) is 0 Å². The molecule has 5 nitrogen and oxygen atoms in total. The van der Waals surface area contributed by atoms with Gasteiger partial charge in [0.1, 0.15) is 12.6 Å². The molecule has 24 heavy (non-hydrogen) atoms. The molecule has 0 aliphatic heterocycles. The number of benzene rings is 2. The van der Waals surface area contributed by atoms with Crippen molar-refractivity contribution in [3.05, 3.63) is 65.7 Å². The van der Waals surface area contributed by atoms with E-state index in [9.17, 15) is 9.59 Å². The number of hydrogen-bond acceptors (Lipinski definition) is 6. The van der Waals surface area contributed by atoms with E-state index >= 15 is 0 Å². The summed E-state index contributed by atoms with van der Waals surface area (Å²) < 4.78 is 13.0. The zero-order valence-electron chi connectivity index (χ0n) is 13.5. The van der Waals surface area contributed by atoms with E-state index in [2.05, 4.69) is 9.46 Å². The molecule has 0 saturated carbocycles. The average molecular weight is 345 g/mol. The van der Waals surface area contributed by atoms with Crippen LogP contribution in [-0.2, 0) is 20.9 Å². The van der Waals surface area contributed by atoms with Crippen LogP contribution in [0.5, 0.6) is 0 Å². The van der Waals surface area contributed by atoms with E-state index in [0.29, 0.717) is 10.5 Å². The van der Waals surface area contributed by atoms with Crippen LogP contribution in [0.3, 0.4) is 0 Å². The lowest BCUT2D eigenvalue weighted by molar-refractivity contribution is -0.142. The topological polar surface area (TPSA) is 64.6 Å². The molecular weight excluding hydrogens is 326 g/mol. The Morgan fingerprint density at radius 2 is 1.75 bits per heavy atom. The third-order valence-electron chi connectivity index (χ3n) is 3.22. The molecule has 0 unspecified atom stereocenters. The molecule has 2 aromatic carbocycles. The Morgan fingerprint density at radius 3 is 2.46 bits per heavy atom. The fraction of sp³-hybridized carbons (Fsp3) is 0.222. The molecule has 2 aromatic rings. The minimum Gasteiger partial charge on any atom is -0.468 e. The number of ether oxygens (including phenoxy) is 2. The van der Waals surface area contributed by atoms with E-state index in [1.54, 1.807) is 25.1 Å². The fourth-order valence-corrected chi connectivity index (χ4v) is 2.71. The second-order valence-electron chi connectivity index (χ2n) is 5.02. The third-order valence-corrected chi connectivity index (χ3v) is 4.27. The lowest BCUT2D eigenvalue weighted by Crippen LogP contribution is -2.30. The van der Waals surface area contributed by atoms with Gasteiger partial charge in [-0.3, -0.25) is 4.79 Å². The van der Waals surface area contributed by atoms with Gasteiger partial charge in [0.15, 0.2) is 0 Å². The summed E-state index contributed by atoms with van der Waals surface area (Å²) in [7, 11) is 1.33. The Balaban J connectivity index is 1.99. The number of carbonyl (C=O) groups excluding carboxylic acids is 2. The lowest BCUT2D eigenvalue weighted by atomic mass is 10.2. The van der Waals surface area contributed by atoms with E-state index in [1.165, 1.54) is 19.1 Å². The molecule has 0 spiro atoms. The quantitative estimate of drug-likeness (QED) is 0.614. The van der Waals surface area contributed by atoms with Gasteiger partial charge in [0.25, 0.3) is 0 Å². The number of rotatable bonds is 7. The first-order valence-electron chi connectivity index (χ1n) is 7.42. The second kappa shape index (κ2) is 9.10. The minimum absolute atomic E-state index is 0.213. The summed E-state index contributed by atoms with van der Waals surface area (Å²) in [5.41, 5.74) is 1.37. The van der Waals surface area contributed by atoms with Crippen molar-refractivity contribution in [3.8, 4) is 0 Å².